The fraction of sp³-hybridized carbons (Fsp3) is 0.500. The Morgan fingerprint density at radius 2 is 2.25 bits per heavy atom. The van der Waals surface area contributed by atoms with Crippen LogP contribution in [0, 0.1) is 0 Å². The SMILES string of the molecule is CC(C)c1nnc(CSc2nccn2C)o1. The van der Waals surface area contributed by atoms with Gasteiger partial charge in [0.25, 0.3) is 0 Å². The molecule has 0 radical (unpaired) electrons. The Labute approximate surface area is 98.3 Å². The monoisotopic (exact) mass is 238 g/mol. The molecule has 2 rings (SSSR count). The third-order valence-electron chi connectivity index (χ3n) is 2.08. The fourth-order valence-corrected chi connectivity index (χ4v) is 1.94. The van der Waals surface area contributed by atoms with Crippen LogP contribution < -0.4 is 0 Å². The molecule has 5 nitrogen and oxygen atoms in total. The van der Waals surface area contributed by atoms with Crippen molar-refractivity contribution in [3.8, 4) is 0 Å². The lowest BCUT2D eigenvalue weighted by molar-refractivity contribution is 0.445. The summed E-state index contributed by atoms with van der Waals surface area (Å²) in [4.78, 5) is 4.21. The molecule has 0 N–H and O–H groups in total. The highest BCUT2D eigenvalue weighted by molar-refractivity contribution is 7.98. The van der Waals surface area contributed by atoms with Crippen molar-refractivity contribution in [3.05, 3.63) is 24.2 Å². The molecule has 0 aromatic carbocycles. The Morgan fingerprint density at radius 3 is 2.81 bits per heavy atom. The Kier molecular flexibility index (Phi) is 3.28. The average Bonchev–Trinajstić information content (AvgIpc) is 2.83. The standard InChI is InChI=1S/C10H14N4OS/c1-7(2)9-13-12-8(15-9)6-16-10-11-4-5-14(10)3/h4-5,7H,6H2,1-3H3. The number of hydrogen-bond donors (Lipinski definition) is 0. The molecule has 0 saturated heterocycles. The summed E-state index contributed by atoms with van der Waals surface area (Å²) in [6.45, 7) is 4.06. The molecule has 86 valence electrons. The van der Waals surface area contributed by atoms with Crippen molar-refractivity contribution in [1.82, 2.24) is 19.7 Å². The Balaban J connectivity index is 1.97. The number of aromatic nitrogens is 4. The zero-order valence-electron chi connectivity index (χ0n) is 9.54. The first-order chi connectivity index (χ1) is 7.66. The van der Waals surface area contributed by atoms with Crippen LogP contribution in [0.25, 0.3) is 0 Å². The number of aryl methyl sites for hydroxylation is 1. The van der Waals surface area contributed by atoms with Crippen LogP contribution >= 0.6 is 11.8 Å². The molecule has 0 aliphatic carbocycles. The van der Waals surface area contributed by atoms with Crippen LogP contribution in [0.4, 0.5) is 0 Å². The third kappa shape index (κ3) is 2.44. The normalized spacial score (nSPS) is 11.2. The van der Waals surface area contributed by atoms with Gasteiger partial charge >= 0.3 is 0 Å². The first-order valence-corrected chi connectivity index (χ1v) is 6.07. The summed E-state index contributed by atoms with van der Waals surface area (Å²) < 4.78 is 7.47. The summed E-state index contributed by atoms with van der Waals surface area (Å²) in [5.74, 6) is 2.27. The van der Waals surface area contributed by atoms with Crippen LogP contribution in [-0.2, 0) is 12.8 Å². The van der Waals surface area contributed by atoms with Crippen molar-refractivity contribution >= 4 is 11.8 Å². The summed E-state index contributed by atoms with van der Waals surface area (Å²) in [5, 5.41) is 8.92. The molecule has 0 aliphatic heterocycles. The van der Waals surface area contributed by atoms with E-state index in [4.69, 9.17) is 4.42 Å². The number of rotatable bonds is 4. The van der Waals surface area contributed by atoms with Crippen molar-refractivity contribution < 1.29 is 4.42 Å². The quantitative estimate of drug-likeness (QED) is 0.764. The number of imidazole rings is 1. The largest absolute Gasteiger partial charge is 0.424 e. The van der Waals surface area contributed by atoms with Gasteiger partial charge in [-0.25, -0.2) is 4.98 Å². The Bertz CT molecular complexity index is 463. The predicted molar refractivity (Wildman–Crippen MR) is 61.2 cm³/mol. The van der Waals surface area contributed by atoms with Gasteiger partial charge in [-0.05, 0) is 0 Å². The van der Waals surface area contributed by atoms with Gasteiger partial charge in [0.15, 0.2) is 5.16 Å². The molecule has 2 heterocycles. The summed E-state index contributed by atoms with van der Waals surface area (Å²) in [6, 6.07) is 0. The van der Waals surface area contributed by atoms with Crippen molar-refractivity contribution in [3.63, 3.8) is 0 Å². The molecule has 2 aromatic rings. The minimum Gasteiger partial charge on any atom is -0.424 e. The molecular formula is C10H14N4OS. The predicted octanol–water partition coefficient (Wildman–Crippen LogP) is 2.22. The van der Waals surface area contributed by atoms with Gasteiger partial charge in [0.2, 0.25) is 11.8 Å². The fourth-order valence-electron chi connectivity index (χ4n) is 1.18. The summed E-state index contributed by atoms with van der Waals surface area (Å²) >= 11 is 1.59. The van der Waals surface area contributed by atoms with Crippen molar-refractivity contribution in [1.29, 1.82) is 0 Å². The molecule has 0 unspecified atom stereocenters. The lowest BCUT2D eigenvalue weighted by atomic mass is 10.2. The van der Waals surface area contributed by atoms with E-state index in [0.29, 0.717) is 17.5 Å². The van der Waals surface area contributed by atoms with E-state index in [0.717, 1.165) is 5.16 Å². The van der Waals surface area contributed by atoms with Crippen LogP contribution in [0.3, 0.4) is 0 Å². The highest BCUT2D eigenvalue weighted by Crippen LogP contribution is 2.21. The molecular weight excluding hydrogens is 224 g/mol. The third-order valence-corrected chi connectivity index (χ3v) is 3.12. The maximum Gasteiger partial charge on any atom is 0.226 e. The summed E-state index contributed by atoms with van der Waals surface area (Å²) in [5.41, 5.74) is 0. The highest BCUT2D eigenvalue weighted by atomic mass is 32.2. The molecule has 0 fully saturated rings. The second-order valence-corrected chi connectivity index (χ2v) is 4.74. The Morgan fingerprint density at radius 1 is 1.44 bits per heavy atom. The molecule has 0 spiro atoms. The second kappa shape index (κ2) is 4.69. The zero-order valence-corrected chi connectivity index (χ0v) is 10.4. The van der Waals surface area contributed by atoms with E-state index >= 15 is 0 Å². The number of nitrogens with zero attached hydrogens (tertiary/aromatic N) is 4. The van der Waals surface area contributed by atoms with Crippen molar-refractivity contribution in [2.75, 3.05) is 0 Å². The molecule has 0 aliphatic rings. The van der Waals surface area contributed by atoms with Crippen LogP contribution in [0.2, 0.25) is 0 Å². The first-order valence-electron chi connectivity index (χ1n) is 5.09. The summed E-state index contributed by atoms with van der Waals surface area (Å²) in [7, 11) is 1.96. The van der Waals surface area contributed by atoms with Crippen LogP contribution in [0.5, 0.6) is 0 Å². The van der Waals surface area contributed by atoms with Gasteiger partial charge in [0.1, 0.15) is 0 Å². The Hall–Kier alpha value is -1.30. The lowest BCUT2D eigenvalue weighted by Gasteiger charge is -1.98. The maximum atomic E-state index is 5.50. The molecule has 0 amide bonds. The first kappa shape index (κ1) is 11.2. The van der Waals surface area contributed by atoms with Gasteiger partial charge in [-0.1, -0.05) is 25.6 Å². The van der Waals surface area contributed by atoms with Gasteiger partial charge in [-0.15, -0.1) is 10.2 Å². The minimum absolute atomic E-state index is 0.277. The van der Waals surface area contributed by atoms with Crippen LogP contribution in [0.1, 0.15) is 31.5 Å². The van der Waals surface area contributed by atoms with Gasteiger partial charge in [0, 0.05) is 25.4 Å². The van der Waals surface area contributed by atoms with E-state index in [9.17, 15) is 0 Å². The van der Waals surface area contributed by atoms with E-state index in [1.54, 1.807) is 18.0 Å². The second-order valence-electron chi connectivity index (χ2n) is 3.80. The maximum absolute atomic E-state index is 5.50. The topological polar surface area (TPSA) is 56.7 Å². The van der Waals surface area contributed by atoms with E-state index in [1.807, 2.05) is 31.7 Å². The number of thioether (sulfide) groups is 1. The smallest absolute Gasteiger partial charge is 0.226 e. The summed E-state index contributed by atoms with van der Waals surface area (Å²) in [6.07, 6.45) is 3.69. The van der Waals surface area contributed by atoms with E-state index in [-0.39, 0.29) is 5.92 Å². The van der Waals surface area contributed by atoms with Crippen molar-refractivity contribution in [2.24, 2.45) is 7.05 Å². The van der Waals surface area contributed by atoms with Gasteiger partial charge in [-0.3, -0.25) is 0 Å². The molecule has 0 bridgehead atoms. The van der Waals surface area contributed by atoms with Gasteiger partial charge < -0.3 is 8.98 Å². The molecule has 0 atom stereocenters. The average molecular weight is 238 g/mol. The minimum atomic E-state index is 0.277. The van der Waals surface area contributed by atoms with Crippen LogP contribution in [-0.4, -0.2) is 19.7 Å². The molecule has 0 saturated carbocycles. The van der Waals surface area contributed by atoms with E-state index in [2.05, 4.69) is 15.2 Å². The number of hydrogen-bond acceptors (Lipinski definition) is 5. The molecule has 6 heteroatoms. The van der Waals surface area contributed by atoms with E-state index in [1.165, 1.54) is 0 Å². The molecule has 16 heavy (non-hydrogen) atoms. The zero-order chi connectivity index (χ0) is 11.5. The van der Waals surface area contributed by atoms with Crippen LogP contribution in [0.15, 0.2) is 22.0 Å². The van der Waals surface area contributed by atoms with E-state index < -0.39 is 0 Å². The lowest BCUT2D eigenvalue weighted by Crippen LogP contribution is -1.89. The van der Waals surface area contributed by atoms with Gasteiger partial charge in [-0.2, -0.15) is 0 Å². The van der Waals surface area contributed by atoms with Gasteiger partial charge in [0.05, 0.1) is 5.75 Å². The molecule has 2 aromatic heterocycles. The van der Waals surface area contributed by atoms with Crippen molar-refractivity contribution in [2.45, 2.75) is 30.7 Å². The highest BCUT2D eigenvalue weighted by Gasteiger charge is 2.10.